The van der Waals surface area contributed by atoms with Crippen molar-refractivity contribution in [2.75, 3.05) is 13.1 Å². The summed E-state index contributed by atoms with van der Waals surface area (Å²) in [7, 11) is 0. The summed E-state index contributed by atoms with van der Waals surface area (Å²) in [6, 6.07) is 7.25. The summed E-state index contributed by atoms with van der Waals surface area (Å²) in [4.78, 5) is 28.0. The number of aromatic nitrogens is 5. The van der Waals surface area contributed by atoms with Crippen LogP contribution in [0.1, 0.15) is 27.2 Å². The van der Waals surface area contributed by atoms with E-state index in [-0.39, 0.29) is 12.3 Å². The van der Waals surface area contributed by atoms with Crippen LogP contribution < -0.4 is 5.32 Å². The van der Waals surface area contributed by atoms with Gasteiger partial charge in [-0.25, -0.2) is 0 Å². The van der Waals surface area contributed by atoms with Crippen molar-refractivity contribution in [3.05, 3.63) is 51.1 Å². The Morgan fingerprint density at radius 3 is 2.82 bits per heavy atom. The number of nitrogens with zero attached hydrogens (tertiary/aromatic N) is 4. The van der Waals surface area contributed by atoms with Crippen molar-refractivity contribution in [3.63, 3.8) is 0 Å². The number of carboxylic acid groups (broad SMARTS) is 1. The van der Waals surface area contributed by atoms with E-state index in [1.807, 2.05) is 26.0 Å². The third-order valence-electron chi connectivity index (χ3n) is 4.19. The molecule has 1 aromatic carbocycles. The SMILES string of the molecule is Cc1[nH]c(-c2nnn(CCNCC(=O)O)n2)c(C)c1C(=O)c1cccc(Br)c1. The normalized spacial score (nSPS) is 11.0. The number of aromatic amines is 1. The van der Waals surface area contributed by atoms with Crippen LogP contribution in [0.2, 0.25) is 0 Å². The smallest absolute Gasteiger partial charge is 0.317 e. The first-order valence-electron chi connectivity index (χ1n) is 8.57. The number of hydrogen-bond donors (Lipinski definition) is 3. The summed E-state index contributed by atoms with van der Waals surface area (Å²) in [6.07, 6.45) is 0. The number of rotatable bonds is 8. The van der Waals surface area contributed by atoms with Crippen LogP contribution in [0.3, 0.4) is 0 Å². The Morgan fingerprint density at radius 2 is 2.11 bits per heavy atom. The van der Waals surface area contributed by atoms with Gasteiger partial charge in [-0.1, -0.05) is 28.1 Å². The Kier molecular flexibility index (Phi) is 6.00. The van der Waals surface area contributed by atoms with Gasteiger partial charge in [0.2, 0.25) is 5.82 Å². The lowest BCUT2D eigenvalue weighted by atomic mass is 9.99. The number of ketones is 1. The largest absolute Gasteiger partial charge is 0.480 e. The molecule has 28 heavy (non-hydrogen) atoms. The first kappa shape index (κ1) is 19.9. The fourth-order valence-corrected chi connectivity index (χ4v) is 3.30. The summed E-state index contributed by atoms with van der Waals surface area (Å²) in [6.45, 7) is 4.33. The summed E-state index contributed by atoms with van der Waals surface area (Å²) in [5.41, 5.74) is 3.31. The number of benzene rings is 1. The number of carboxylic acids is 1. The Labute approximate surface area is 169 Å². The molecule has 0 fully saturated rings. The highest BCUT2D eigenvalue weighted by Gasteiger charge is 2.22. The lowest BCUT2D eigenvalue weighted by molar-refractivity contribution is -0.135. The van der Waals surface area contributed by atoms with Crippen LogP contribution in [0.25, 0.3) is 11.5 Å². The highest BCUT2D eigenvalue weighted by atomic mass is 79.9. The van der Waals surface area contributed by atoms with Gasteiger partial charge in [0.15, 0.2) is 5.78 Å². The Bertz CT molecular complexity index is 1030. The van der Waals surface area contributed by atoms with Gasteiger partial charge < -0.3 is 15.4 Å². The van der Waals surface area contributed by atoms with E-state index in [0.29, 0.717) is 35.7 Å². The van der Waals surface area contributed by atoms with Crippen LogP contribution in [-0.2, 0) is 11.3 Å². The second-order valence-electron chi connectivity index (χ2n) is 6.24. The molecule has 0 atom stereocenters. The number of halogens is 1. The molecular weight excluding hydrogens is 428 g/mol. The van der Waals surface area contributed by atoms with Crippen molar-refractivity contribution in [2.45, 2.75) is 20.4 Å². The lowest BCUT2D eigenvalue weighted by Gasteiger charge is -2.03. The quantitative estimate of drug-likeness (QED) is 0.356. The molecule has 3 aromatic rings. The topological polar surface area (TPSA) is 126 Å². The zero-order chi connectivity index (χ0) is 20.3. The van der Waals surface area contributed by atoms with Crippen molar-refractivity contribution >= 4 is 27.7 Å². The molecule has 0 spiro atoms. The molecule has 3 rings (SSSR count). The van der Waals surface area contributed by atoms with E-state index in [0.717, 1.165) is 15.7 Å². The number of H-pyrrole nitrogens is 1. The number of tetrazole rings is 1. The van der Waals surface area contributed by atoms with Gasteiger partial charge in [0.1, 0.15) is 0 Å². The average molecular weight is 447 g/mol. The average Bonchev–Trinajstić information content (AvgIpc) is 3.22. The fourth-order valence-electron chi connectivity index (χ4n) is 2.90. The molecule has 0 unspecified atom stereocenters. The van der Waals surface area contributed by atoms with Crippen molar-refractivity contribution in [3.8, 4) is 11.5 Å². The Morgan fingerprint density at radius 1 is 1.32 bits per heavy atom. The molecule has 0 aliphatic heterocycles. The monoisotopic (exact) mass is 446 g/mol. The number of aryl methyl sites for hydroxylation is 1. The van der Waals surface area contributed by atoms with E-state index in [2.05, 4.69) is 41.6 Å². The van der Waals surface area contributed by atoms with Crippen molar-refractivity contribution in [1.29, 1.82) is 0 Å². The molecule has 9 nitrogen and oxygen atoms in total. The second kappa shape index (κ2) is 8.44. The zero-order valence-corrected chi connectivity index (χ0v) is 16.9. The van der Waals surface area contributed by atoms with Crippen LogP contribution in [0.4, 0.5) is 0 Å². The zero-order valence-electron chi connectivity index (χ0n) is 15.4. The summed E-state index contributed by atoms with van der Waals surface area (Å²) in [5.74, 6) is -0.622. The maximum Gasteiger partial charge on any atom is 0.317 e. The summed E-state index contributed by atoms with van der Waals surface area (Å²) < 4.78 is 0.838. The molecular formula is C18H19BrN6O3. The van der Waals surface area contributed by atoms with Gasteiger partial charge in [-0.15, -0.1) is 10.2 Å². The van der Waals surface area contributed by atoms with E-state index in [1.54, 1.807) is 12.1 Å². The predicted octanol–water partition coefficient (Wildman–Crippen LogP) is 1.95. The number of carbonyl (C=O) groups is 2. The van der Waals surface area contributed by atoms with Crippen molar-refractivity contribution in [2.24, 2.45) is 0 Å². The highest BCUT2D eigenvalue weighted by molar-refractivity contribution is 9.10. The summed E-state index contributed by atoms with van der Waals surface area (Å²) >= 11 is 3.39. The predicted molar refractivity (Wildman–Crippen MR) is 105 cm³/mol. The van der Waals surface area contributed by atoms with Crippen LogP contribution in [0.5, 0.6) is 0 Å². The van der Waals surface area contributed by atoms with E-state index in [9.17, 15) is 9.59 Å². The van der Waals surface area contributed by atoms with Gasteiger partial charge in [-0.3, -0.25) is 9.59 Å². The number of nitrogens with one attached hydrogen (secondary N) is 2. The lowest BCUT2D eigenvalue weighted by Crippen LogP contribution is -2.26. The molecule has 3 N–H and O–H groups in total. The molecule has 0 radical (unpaired) electrons. The molecule has 0 saturated carbocycles. The number of aliphatic carboxylic acids is 1. The Balaban J connectivity index is 1.80. The summed E-state index contributed by atoms with van der Waals surface area (Å²) in [5, 5.41) is 23.7. The molecule has 0 amide bonds. The minimum atomic E-state index is -0.924. The van der Waals surface area contributed by atoms with E-state index >= 15 is 0 Å². The first-order valence-corrected chi connectivity index (χ1v) is 9.36. The maximum absolute atomic E-state index is 13.0. The van der Waals surface area contributed by atoms with Crippen molar-refractivity contribution in [1.82, 2.24) is 30.5 Å². The molecule has 0 bridgehead atoms. The Hall–Kier alpha value is -2.85. The van der Waals surface area contributed by atoms with Crippen molar-refractivity contribution < 1.29 is 14.7 Å². The third kappa shape index (κ3) is 4.34. The van der Waals surface area contributed by atoms with Crippen LogP contribution in [0, 0.1) is 13.8 Å². The van der Waals surface area contributed by atoms with Gasteiger partial charge in [0.25, 0.3) is 0 Å². The molecule has 146 valence electrons. The van der Waals surface area contributed by atoms with E-state index < -0.39 is 5.97 Å². The molecule has 10 heteroatoms. The van der Waals surface area contributed by atoms with Gasteiger partial charge in [-0.2, -0.15) is 4.80 Å². The van der Waals surface area contributed by atoms with Crippen LogP contribution >= 0.6 is 15.9 Å². The molecule has 0 saturated heterocycles. The van der Waals surface area contributed by atoms with Gasteiger partial charge in [0, 0.05) is 27.8 Å². The van der Waals surface area contributed by atoms with E-state index in [4.69, 9.17) is 5.11 Å². The first-order chi connectivity index (χ1) is 13.4. The number of hydrogen-bond acceptors (Lipinski definition) is 6. The molecule has 2 aromatic heterocycles. The van der Waals surface area contributed by atoms with Crippen LogP contribution in [0.15, 0.2) is 28.7 Å². The minimum Gasteiger partial charge on any atom is -0.480 e. The highest BCUT2D eigenvalue weighted by Crippen LogP contribution is 2.27. The maximum atomic E-state index is 13.0. The molecule has 2 heterocycles. The second-order valence-corrected chi connectivity index (χ2v) is 7.16. The van der Waals surface area contributed by atoms with Crippen LogP contribution in [-0.4, -0.2) is 55.1 Å². The molecule has 0 aliphatic carbocycles. The third-order valence-corrected chi connectivity index (χ3v) is 4.69. The van der Waals surface area contributed by atoms with Gasteiger partial charge in [0.05, 0.1) is 18.8 Å². The number of carbonyl (C=O) groups excluding carboxylic acids is 1. The van der Waals surface area contributed by atoms with E-state index in [1.165, 1.54) is 4.80 Å². The molecule has 0 aliphatic rings. The van der Waals surface area contributed by atoms with Gasteiger partial charge >= 0.3 is 5.97 Å². The fraction of sp³-hybridized carbons (Fsp3) is 0.278. The standard InChI is InChI=1S/C18H19BrN6O3/c1-10-15(17(28)12-4-3-5-13(19)8-12)11(2)21-16(10)18-22-24-25(23-18)7-6-20-9-14(26)27/h3-5,8,20-21H,6-7,9H2,1-2H3,(H,26,27). The minimum absolute atomic E-state index is 0.0796. The van der Waals surface area contributed by atoms with Gasteiger partial charge in [-0.05, 0) is 36.8 Å².